The number of amides is 1. The highest BCUT2D eigenvalue weighted by Gasteiger charge is 2.31. The number of aromatic nitrogens is 2. The Morgan fingerprint density at radius 1 is 1.17 bits per heavy atom. The highest BCUT2D eigenvalue weighted by Crippen LogP contribution is 2.32. The van der Waals surface area contributed by atoms with Crippen LogP contribution in [0, 0.1) is 6.92 Å². The van der Waals surface area contributed by atoms with Gasteiger partial charge in [0.15, 0.2) is 5.82 Å². The topological polar surface area (TPSA) is 58.6 Å². The molecule has 6 nitrogen and oxygen atoms in total. The van der Waals surface area contributed by atoms with Crippen molar-refractivity contribution >= 4 is 11.7 Å². The Bertz CT molecular complexity index is 910. The maximum Gasteiger partial charge on any atom is 0.416 e. The molecule has 3 rings (SSSR count). The fraction of sp³-hybridized carbons (Fsp3) is 0.476. The van der Waals surface area contributed by atoms with Crippen LogP contribution in [0.15, 0.2) is 24.3 Å². The number of methoxy groups -OCH3 is 1. The van der Waals surface area contributed by atoms with Gasteiger partial charge >= 0.3 is 6.18 Å². The second-order valence-electron chi connectivity index (χ2n) is 7.17. The average Bonchev–Trinajstić information content (AvgIpc) is 2.73. The molecule has 1 amide bonds. The number of halogens is 3. The van der Waals surface area contributed by atoms with Crippen molar-refractivity contribution in [3.63, 3.8) is 0 Å². The molecule has 0 saturated carbocycles. The molecule has 0 unspecified atom stereocenters. The van der Waals surface area contributed by atoms with Crippen molar-refractivity contribution < 1.29 is 22.7 Å². The molecule has 2 aromatic rings. The van der Waals surface area contributed by atoms with Crippen LogP contribution in [0.3, 0.4) is 0 Å². The molecule has 162 valence electrons. The van der Waals surface area contributed by atoms with Gasteiger partial charge in [-0.15, -0.1) is 0 Å². The number of ether oxygens (including phenoxy) is 1. The van der Waals surface area contributed by atoms with Crippen molar-refractivity contribution in [1.82, 2.24) is 14.9 Å². The third-order valence-corrected chi connectivity index (χ3v) is 5.19. The van der Waals surface area contributed by atoms with E-state index < -0.39 is 11.7 Å². The molecule has 0 radical (unpaired) electrons. The van der Waals surface area contributed by atoms with Gasteiger partial charge in [0, 0.05) is 50.1 Å². The van der Waals surface area contributed by atoms with Crippen LogP contribution in [0.2, 0.25) is 0 Å². The first-order valence-corrected chi connectivity index (χ1v) is 9.81. The minimum Gasteiger partial charge on any atom is -0.375 e. The smallest absolute Gasteiger partial charge is 0.375 e. The number of alkyl halides is 3. The predicted molar refractivity (Wildman–Crippen MR) is 107 cm³/mol. The van der Waals surface area contributed by atoms with Crippen molar-refractivity contribution in [2.45, 2.75) is 26.4 Å². The van der Waals surface area contributed by atoms with E-state index in [1.807, 2.05) is 13.8 Å². The van der Waals surface area contributed by atoms with Crippen LogP contribution in [0.5, 0.6) is 0 Å². The molecule has 0 aliphatic carbocycles. The average molecular weight is 422 g/mol. The first kappa shape index (κ1) is 22.0. The van der Waals surface area contributed by atoms with Gasteiger partial charge in [0.25, 0.3) is 0 Å². The lowest BCUT2D eigenvalue weighted by molar-refractivity contribution is -0.137. The second-order valence-corrected chi connectivity index (χ2v) is 7.17. The summed E-state index contributed by atoms with van der Waals surface area (Å²) < 4.78 is 44.3. The van der Waals surface area contributed by atoms with Crippen LogP contribution in [-0.4, -0.2) is 60.7 Å². The van der Waals surface area contributed by atoms with E-state index in [0.717, 1.165) is 29.2 Å². The van der Waals surface area contributed by atoms with E-state index in [9.17, 15) is 18.0 Å². The molecule has 1 aromatic carbocycles. The summed E-state index contributed by atoms with van der Waals surface area (Å²) >= 11 is 0. The Morgan fingerprint density at radius 3 is 2.47 bits per heavy atom. The molecule has 1 aliphatic heterocycles. The minimum absolute atomic E-state index is 0.0481. The van der Waals surface area contributed by atoms with E-state index in [0.29, 0.717) is 38.2 Å². The minimum atomic E-state index is -4.43. The SMILES string of the molecule is CCc1c(C)nc(-c2cccc(C(F)(F)F)c2)nc1N1CCN(C(=O)COC)CC1. The predicted octanol–water partition coefficient (Wildman–Crippen LogP) is 3.33. The Hall–Kier alpha value is -2.68. The zero-order valence-electron chi connectivity index (χ0n) is 17.3. The number of benzene rings is 1. The highest BCUT2D eigenvalue weighted by molar-refractivity contribution is 5.77. The molecule has 0 spiro atoms. The normalized spacial score (nSPS) is 14.9. The fourth-order valence-electron chi connectivity index (χ4n) is 3.60. The van der Waals surface area contributed by atoms with Gasteiger partial charge in [-0.1, -0.05) is 19.1 Å². The second kappa shape index (κ2) is 8.99. The van der Waals surface area contributed by atoms with Gasteiger partial charge in [-0.05, 0) is 25.5 Å². The van der Waals surface area contributed by atoms with Gasteiger partial charge < -0.3 is 14.5 Å². The Labute approximate surface area is 173 Å². The molecular formula is C21H25F3N4O2. The van der Waals surface area contributed by atoms with Gasteiger partial charge in [-0.3, -0.25) is 4.79 Å². The number of rotatable bonds is 5. The van der Waals surface area contributed by atoms with Gasteiger partial charge in [0.05, 0.1) is 5.56 Å². The maximum absolute atomic E-state index is 13.1. The maximum atomic E-state index is 13.1. The van der Waals surface area contributed by atoms with Crippen LogP contribution in [-0.2, 0) is 22.1 Å². The van der Waals surface area contributed by atoms with Crippen LogP contribution in [0.25, 0.3) is 11.4 Å². The van der Waals surface area contributed by atoms with E-state index in [-0.39, 0.29) is 18.3 Å². The van der Waals surface area contributed by atoms with Gasteiger partial charge in [-0.2, -0.15) is 13.2 Å². The zero-order valence-corrected chi connectivity index (χ0v) is 17.3. The van der Waals surface area contributed by atoms with E-state index in [4.69, 9.17) is 4.74 Å². The summed E-state index contributed by atoms with van der Waals surface area (Å²) in [6.07, 6.45) is -3.73. The number of aryl methyl sites for hydroxylation is 1. The van der Waals surface area contributed by atoms with E-state index >= 15 is 0 Å². The monoisotopic (exact) mass is 422 g/mol. The summed E-state index contributed by atoms with van der Waals surface area (Å²) in [6.45, 7) is 6.13. The number of carbonyl (C=O) groups is 1. The number of piperazine rings is 1. The van der Waals surface area contributed by atoms with Gasteiger partial charge in [-0.25, -0.2) is 9.97 Å². The lowest BCUT2D eigenvalue weighted by Gasteiger charge is -2.36. The summed E-state index contributed by atoms with van der Waals surface area (Å²) in [7, 11) is 1.49. The number of hydrogen-bond donors (Lipinski definition) is 0. The molecule has 9 heteroatoms. The van der Waals surface area contributed by atoms with Gasteiger partial charge in [0.2, 0.25) is 5.91 Å². The number of hydrogen-bond acceptors (Lipinski definition) is 5. The Morgan fingerprint density at radius 2 is 1.87 bits per heavy atom. The fourth-order valence-corrected chi connectivity index (χ4v) is 3.60. The summed E-state index contributed by atoms with van der Waals surface area (Å²) in [6, 6.07) is 5.06. The summed E-state index contributed by atoms with van der Waals surface area (Å²) in [4.78, 5) is 25.0. The van der Waals surface area contributed by atoms with Crippen molar-refractivity contribution in [3.8, 4) is 11.4 Å². The van der Waals surface area contributed by atoms with Gasteiger partial charge in [0.1, 0.15) is 12.4 Å². The molecular weight excluding hydrogens is 397 g/mol. The molecule has 0 bridgehead atoms. The Kier molecular flexibility index (Phi) is 6.60. The lowest BCUT2D eigenvalue weighted by Crippen LogP contribution is -2.50. The molecule has 1 aromatic heterocycles. The summed E-state index contributed by atoms with van der Waals surface area (Å²) in [5.74, 6) is 0.927. The zero-order chi connectivity index (χ0) is 21.9. The van der Waals surface area contributed by atoms with Crippen LogP contribution in [0.4, 0.5) is 19.0 Å². The first-order chi connectivity index (χ1) is 14.2. The van der Waals surface area contributed by atoms with Crippen molar-refractivity contribution in [1.29, 1.82) is 0 Å². The molecule has 1 saturated heterocycles. The Balaban J connectivity index is 1.91. The summed E-state index contributed by atoms with van der Waals surface area (Å²) in [5, 5.41) is 0. The largest absolute Gasteiger partial charge is 0.416 e. The first-order valence-electron chi connectivity index (χ1n) is 9.81. The standard InChI is InChI=1S/C21H25F3N4O2/c1-4-17-14(2)25-19(15-6-5-7-16(12-15)21(22,23)24)26-20(17)28-10-8-27(9-11-28)18(29)13-30-3/h5-7,12H,4,8-11,13H2,1-3H3. The van der Waals surface area contributed by atoms with Crippen LogP contribution < -0.4 is 4.90 Å². The lowest BCUT2D eigenvalue weighted by atomic mass is 10.1. The molecule has 0 N–H and O–H groups in total. The highest BCUT2D eigenvalue weighted by atomic mass is 19.4. The third-order valence-electron chi connectivity index (χ3n) is 5.19. The molecule has 1 aliphatic rings. The van der Waals surface area contributed by atoms with Crippen molar-refractivity contribution in [3.05, 3.63) is 41.1 Å². The van der Waals surface area contributed by atoms with Crippen LogP contribution in [0.1, 0.15) is 23.7 Å². The molecule has 2 heterocycles. The van der Waals surface area contributed by atoms with E-state index in [2.05, 4.69) is 14.9 Å². The molecule has 30 heavy (non-hydrogen) atoms. The van der Waals surface area contributed by atoms with E-state index in [1.54, 1.807) is 11.0 Å². The quantitative estimate of drug-likeness (QED) is 0.740. The molecule has 0 atom stereocenters. The van der Waals surface area contributed by atoms with Crippen molar-refractivity contribution in [2.75, 3.05) is 44.8 Å². The van der Waals surface area contributed by atoms with Crippen molar-refractivity contribution in [2.24, 2.45) is 0 Å². The van der Waals surface area contributed by atoms with Crippen LogP contribution >= 0.6 is 0 Å². The number of nitrogens with zero attached hydrogens (tertiary/aromatic N) is 4. The third kappa shape index (κ3) is 4.72. The molecule has 1 fully saturated rings. The number of anilines is 1. The number of carbonyl (C=O) groups excluding carboxylic acids is 1. The van der Waals surface area contributed by atoms with E-state index in [1.165, 1.54) is 13.2 Å². The summed E-state index contributed by atoms with van der Waals surface area (Å²) in [5.41, 5.74) is 1.30.